The van der Waals surface area contributed by atoms with Crippen LogP contribution in [0.25, 0.3) is 0 Å². The number of hydrogen-bond donors (Lipinski definition) is 1. The van der Waals surface area contributed by atoms with Crippen LogP contribution in [0.4, 0.5) is 0 Å². The summed E-state index contributed by atoms with van der Waals surface area (Å²) in [5, 5.41) is 7.58. The zero-order valence-electron chi connectivity index (χ0n) is 5.57. The Bertz CT molecular complexity index is 227. The van der Waals surface area contributed by atoms with E-state index in [1.807, 2.05) is 6.21 Å². The topological polar surface area (TPSA) is 50.7 Å². The van der Waals surface area contributed by atoms with Crippen LogP contribution >= 0.6 is 0 Å². The molecule has 0 spiro atoms. The summed E-state index contributed by atoms with van der Waals surface area (Å²) in [4.78, 5) is 0. The van der Waals surface area contributed by atoms with Crippen molar-refractivity contribution in [2.45, 2.75) is 6.42 Å². The summed E-state index contributed by atoms with van der Waals surface area (Å²) in [6.45, 7) is 0. The van der Waals surface area contributed by atoms with Gasteiger partial charge in [-0.25, -0.2) is 0 Å². The molecule has 0 aromatic rings. The van der Waals surface area contributed by atoms with Gasteiger partial charge in [-0.15, -0.1) is 5.10 Å². The predicted octanol–water partition coefficient (Wildman–Crippen LogP) is 0.535. The molecule has 0 aromatic carbocycles. The highest BCUT2D eigenvalue weighted by Crippen LogP contribution is 2.25. The van der Waals surface area contributed by atoms with Crippen LogP contribution in [-0.4, -0.2) is 12.1 Å². The highest BCUT2D eigenvalue weighted by Gasteiger charge is 2.26. The summed E-state index contributed by atoms with van der Waals surface area (Å²) >= 11 is 0. The van der Waals surface area contributed by atoms with Crippen LogP contribution in [-0.2, 0) is 0 Å². The average Bonchev–Trinajstić information content (AvgIpc) is 2.36. The third-order valence-electron chi connectivity index (χ3n) is 1.99. The first-order valence-electron chi connectivity index (χ1n) is 3.41. The molecule has 1 aliphatic heterocycles. The minimum absolute atomic E-state index is 0.331. The van der Waals surface area contributed by atoms with E-state index in [9.17, 15) is 0 Å². The van der Waals surface area contributed by atoms with Crippen molar-refractivity contribution in [3.8, 4) is 0 Å². The Balaban J connectivity index is 2.30. The number of nitrogens with two attached hydrogens (primary N) is 1. The largest absolute Gasteiger partial charge is 0.385 e. The van der Waals surface area contributed by atoms with E-state index in [0.29, 0.717) is 17.7 Å². The molecule has 0 fully saturated rings. The Kier molecular flexibility index (Phi) is 1.09. The average molecular weight is 135 g/mol. The second-order valence-electron chi connectivity index (χ2n) is 2.64. The summed E-state index contributed by atoms with van der Waals surface area (Å²) < 4.78 is 0. The normalized spacial score (nSPS) is 35.8. The van der Waals surface area contributed by atoms with Gasteiger partial charge in [-0.1, -0.05) is 12.2 Å². The van der Waals surface area contributed by atoms with Crippen LogP contribution in [0.1, 0.15) is 6.42 Å². The van der Waals surface area contributed by atoms with E-state index in [-0.39, 0.29) is 0 Å². The Morgan fingerprint density at radius 3 is 3.30 bits per heavy atom. The Morgan fingerprint density at radius 1 is 1.60 bits per heavy atom. The van der Waals surface area contributed by atoms with Crippen LogP contribution in [0.2, 0.25) is 0 Å². The highest BCUT2D eigenvalue weighted by molar-refractivity contribution is 5.90. The molecule has 2 rings (SSSR count). The van der Waals surface area contributed by atoms with Crippen LogP contribution in [0, 0.1) is 11.8 Å². The van der Waals surface area contributed by atoms with Crippen LogP contribution in [0.15, 0.2) is 22.4 Å². The van der Waals surface area contributed by atoms with Gasteiger partial charge in [0, 0.05) is 18.1 Å². The van der Waals surface area contributed by atoms with Crippen LogP contribution in [0.5, 0.6) is 0 Å². The van der Waals surface area contributed by atoms with Gasteiger partial charge in [-0.3, -0.25) is 0 Å². The summed E-state index contributed by atoms with van der Waals surface area (Å²) in [6, 6.07) is 0. The number of allylic oxidation sites excluding steroid dienone is 1. The summed E-state index contributed by atoms with van der Waals surface area (Å²) in [7, 11) is 0. The summed E-state index contributed by atoms with van der Waals surface area (Å²) in [6.07, 6.45) is 7.18. The molecule has 10 heavy (non-hydrogen) atoms. The van der Waals surface area contributed by atoms with Crippen molar-refractivity contribution in [2.75, 3.05) is 0 Å². The van der Waals surface area contributed by atoms with Crippen molar-refractivity contribution < 1.29 is 0 Å². The van der Waals surface area contributed by atoms with Gasteiger partial charge in [0.1, 0.15) is 5.84 Å². The molecule has 3 nitrogen and oxygen atoms in total. The predicted molar refractivity (Wildman–Crippen MR) is 40.9 cm³/mol. The summed E-state index contributed by atoms with van der Waals surface area (Å²) in [5.41, 5.74) is 5.60. The molecule has 1 aliphatic carbocycles. The standard InChI is InChI=1S/C7H9N3/c8-7-6-3-1-2-5(6)4-9-10-7/h1,3-6H,2H2,(H2,8,10). The van der Waals surface area contributed by atoms with E-state index >= 15 is 0 Å². The fraction of sp³-hybridized carbons (Fsp3) is 0.429. The number of amidine groups is 1. The van der Waals surface area contributed by atoms with Crippen molar-refractivity contribution in [1.29, 1.82) is 0 Å². The van der Waals surface area contributed by atoms with E-state index in [4.69, 9.17) is 5.73 Å². The molecule has 0 saturated heterocycles. The SMILES string of the molecule is NC1=NN=CC2CC=CC12. The maximum atomic E-state index is 5.60. The zero-order chi connectivity index (χ0) is 6.97. The molecule has 0 aromatic heterocycles. The highest BCUT2D eigenvalue weighted by atomic mass is 15.2. The van der Waals surface area contributed by atoms with E-state index in [1.54, 1.807) is 0 Å². The van der Waals surface area contributed by atoms with Crippen molar-refractivity contribution in [3.05, 3.63) is 12.2 Å². The van der Waals surface area contributed by atoms with Crippen LogP contribution in [0.3, 0.4) is 0 Å². The number of fused-ring (bicyclic) bond motifs is 1. The smallest absolute Gasteiger partial charge is 0.129 e. The molecule has 2 N–H and O–H groups in total. The number of rotatable bonds is 0. The molecule has 0 saturated carbocycles. The van der Waals surface area contributed by atoms with E-state index in [2.05, 4.69) is 22.4 Å². The van der Waals surface area contributed by atoms with Crippen molar-refractivity contribution in [1.82, 2.24) is 0 Å². The number of hydrogen-bond acceptors (Lipinski definition) is 3. The monoisotopic (exact) mass is 135 g/mol. The maximum Gasteiger partial charge on any atom is 0.129 e. The van der Waals surface area contributed by atoms with Gasteiger partial charge < -0.3 is 5.73 Å². The zero-order valence-corrected chi connectivity index (χ0v) is 5.57. The van der Waals surface area contributed by atoms with Crippen molar-refractivity contribution >= 4 is 12.1 Å². The quantitative estimate of drug-likeness (QED) is 0.484. The van der Waals surface area contributed by atoms with Gasteiger partial charge in [0.2, 0.25) is 0 Å². The minimum atomic E-state index is 0.331. The number of nitrogens with zero attached hydrogens (tertiary/aromatic N) is 2. The molecular weight excluding hydrogens is 126 g/mol. The first-order valence-corrected chi connectivity index (χ1v) is 3.41. The van der Waals surface area contributed by atoms with Crippen molar-refractivity contribution in [3.63, 3.8) is 0 Å². The van der Waals surface area contributed by atoms with Gasteiger partial charge in [0.25, 0.3) is 0 Å². The molecule has 3 heteroatoms. The van der Waals surface area contributed by atoms with Gasteiger partial charge in [0.15, 0.2) is 0 Å². The third kappa shape index (κ3) is 0.667. The maximum absolute atomic E-state index is 5.60. The first-order chi connectivity index (χ1) is 4.88. The van der Waals surface area contributed by atoms with E-state index in [0.717, 1.165) is 6.42 Å². The molecule has 2 unspecified atom stereocenters. The Morgan fingerprint density at radius 2 is 2.50 bits per heavy atom. The van der Waals surface area contributed by atoms with Gasteiger partial charge in [-0.05, 0) is 6.42 Å². The minimum Gasteiger partial charge on any atom is -0.385 e. The second-order valence-corrected chi connectivity index (χ2v) is 2.64. The second kappa shape index (κ2) is 1.94. The van der Waals surface area contributed by atoms with Crippen molar-refractivity contribution in [2.24, 2.45) is 27.8 Å². The molecule has 0 bridgehead atoms. The lowest BCUT2D eigenvalue weighted by Crippen LogP contribution is -2.29. The van der Waals surface area contributed by atoms with Crippen LogP contribution < -0.4 is 5.73 Å². The van der Waals surface area contributed by atoms with Gasteiger partial charge >= 0.3 is 0 Å². The molecular formula is C7H9N3. The molecule has 0 radical (unpaired) electrons. The third-order valence-corrected chi connectivity index (χ3v) is 1.99. The Hall–Kier alpha value is -1.12. The molecule has 2 aliphatic rings. The fourth-order valence-electron chi connectivity index (χ4n) is 1.40. The molecule has 1 heterocycles. The van der Waals surface area contributed by atoms with E-state index in [1.165, 1.54) is 0 Å². The lowest BCUT2D eigenvalue weighted by atomic mass is 9.95. The fourth-order valence-corrected chi connectivity index (χ4v) is 1.40. The van der Waals surface area contributed by atoms with Gasteiger partial charge in [-0.2, -0.15) is 5.10 Å². The van der Waals surface area contributed by atoms with E-state index < -0.39 is 0 Å². The molecule has 52 valence electrons. The van der Waals surface area contributed by atoms with Gasteiger partial charge in [0.05, 0.1) is 0 Å². The lowest BCUT2D eigenvalue weighted by molar-refractivity contribution is 0.661. The molecule has 0 amide bonds. The lowest BCUT2D eigenvalue weighted by Gasteiger charge is -2.15. The first kappa shape index (κ1) is 5.65. The summed E-state index contributed by atoms with van der Waals surface area (Å²) in [5.74, 6) is 1.47. The molecule has 2 atom stereocenters. The Labute approximate surface area is 59.3 Å².